The van der Waals surface area contributed by atoms with Crippen LogP contribution in [0.1, 0.15) is 38.3 Å². The quantitative estimate of drug-likeness (QED) is 0.331. The van der Waals surface area contributed by atoms with Gasteiger partial charge in [0.1, 0.15) is 29.2 Å². The number of likely N-dealkylation sites (N-methyl/N-ethyl adjacent to an activating group) is 1. The van der Waals surface area contributed by atoms with Gasteiger partial charge < -0.3 is 35.1 Å². The number of anilines is 3. The molecule has 0 bridgehead atoms. The summed E-state index contributed by atoms with van der Waals surface area (Å²) in [4.78, 5) is 22.2. The molecule has 0 radical (unpaired) electrons. The van der Waals surface area contributed by atoms with Crippen molar-refractivity contribution in [3.63, 3.8) is 0 Å². The molecule has 3 N–H and O–H groups in total. The number of benzene rings is 1. The van der Waals surface area contributed by atoms with Crippen LogP contribution in [0.2, 0.25) is 0 Å². The minimum absolute atomic E-state index is 0.309. The van der Waals surface area contributed by atoms with Gasteiger partial charge in [-0.2, -0.15) is 0 Å². The van der Waals surface area contributed by atoms with E-state index in [9.17, 15) is 0 Å². The normalized spacial score (nSPS) is 19.5. The second-order valence-electron chi connectivity index (χ2n) is 12.2. The molecular weight excluding hydrogens is 556 g/mol. The molecule has 0 atom stereocenters. The van der Waals surface area contributed by atoms with Crippen molar-refractivity contribution >= 4 is 28.4 Å². The number of fused-ring (bicyclic) bond motifs is 1. The number of piperidine rings is 1. The first-order chi connectivity index (χ1) is 21.5. The summed E-state index contributed by atoms with van der Waals surface area (Å²) < 4.78 is 17.2. The maximum Gasteiger partial charge on any atom is 0.151 e. The fourth-order valence-electron chi connectivity index (χ4n) is 6.65. The Hall–Kier alpha value is -3.25. The molecule has 5 heterocycles. The first-order valence-corrected chi connectivity index (χ1v) is 16.3. The number of rotatable bonds is 10. The van der Waals surface area contributed by atoms with Gasteiger partial charge in [-0.25, -0.2) is 15.0 Å². The predicted octanol–water partition coefficient (Wildman–Crippen LogP) is 3.67. The highest BCUT2D eigenvalue weighted by atomic mass is 16.5. The summed E-state index contributed by atoms with van der Waals surface area (Å²) in [5.41, 5.74) is 11.6. The summed E-state index contributed by atoms with van der Waals surface area (Å²) in [6.07, 6.45) is 6.78. The van der Waals surface area contributed by atoms with E-state index in [-0.39, 0.29) is 0 Å². The van der Waals surface area contributed by atoms with Crippen molar-refractivity contribution in [2.75, 3.05) is 95.8 Å². The number of piperazine rings is 1. The van der Waals surface area contributed by atoms with Gasteiger partial charge in [-0.05, 0) is 56.8 Å². The zero-order valence-corrected chi connectivity index (χ0v) is 26.6. The SMILES string of the molecule is CCc1nc2c(N)ncc(-c3ccc(N4CCC(N5CCN(C)CC5)CC4)c(OCCOC)c3)c2nc1NC1CCOCC1. The Kier molecular flexibility index (Phi) is 9.95. The van der Waals surface area contributed by atoms with E-state index in [1.165, 1.54) is 13.1 Å². The van der Waals surface area contributed by atoms with Gasteiger partial charge in [0.25, 0.3) is 0 Å². The smallest absolute Gasteiger partial charge is 0.151 e. The largest absolute Gasteiger partial charge is 0.489 e. The van der Waals surface area contributed by atoms with Crippen molar-refractivity contribution in [1.29, 1.82) is 0 Å². The molecule has 44 heavy (non-hydrogen) atoms. The van der Waals surface area contributed by atoms with Gasteiger partial charge in [0.15, 0.2) is 5.82 Å². The van der Waals surface area contributed by atoms with Crippen molar-refractivity contribution < 1.29 is 14.2 Å². The molecule has 0 saturated carbocycles. The van der Waals surface area contributed by atoms with Crippen molar-refractivity contribution in [2.45, 2.75) is 51.1 Å². The lowest BCUT2D eigenvalue weighted by atomic mass is 10.00. The molecule has 3 fully saturated rings. The summed E-state index contributed by atoms with van der Waals surface area (Å²) in [5.74, 6) is 2.05. The minimum atomic E-state index is 0.309. The molecule has 0 spiro atoms. The molecule has 3 aliphatic rings. The number of aromatic nitrogens is 3. The third kappa shape index (κ3) is 6.86. The van der Waals surface area contributed by atoms with Crippen molar-refractivity contribution in [3.8, 4) is 16.9 Å². The Morgan fingerprint density at radius 3 is 2.48 bits per heavy atom. The van der Waals surface area contributed by atoms with Crippen LogP contribution in [0, 0.1) is 0 Å². The number of ether oxygens (including phenoxy) is 3. The predicted molar refractivity (Wildman–Crippen MR) is 176 cm³/mol. The summed E-state index contributed by atoms with van der Waals surface area (Å²) in [6.45, 7) is 11.3. The lowest BCUT2D eigenvalue weighted by molar-refractivity contribution is 0.0903. The number of hydrogen-bond acceptors (Lipinski definition) is 11. The van der Waals surface area contributed by atoms with E-state index >= 15 is 0 Å². The first kappa shape index (κ1) is 30.8. The highest BCUT2D eigenvalue weighted by Crippen LogP contribution is 2.38. The average molecular weight is 605 g/mol. The minimum Gasteiger partial charge on any atom is -0.489 e. The Balaban J connectivity index is 1.29. The van der Waals surface area contributed by atoms with Crippen LogP contribution in [0.5, 0.6) is 5.75 Å². The molecule has 3 aliphatic heterocycles. The third-order valence-electron chi connectivity index (χ3n) is 9.37. The number of aryl methyl sites for hydroxylation is 1. The van der Waals surface area contributed by atoms with Crippen molar-refractivity contribution in [2.24, 2.45) is 0 Å². The van der Waals surface area contributed by atoms with Crippen LogP contribution < -0.4 is 20.7 Å². The van der Waals surface area contributed by atoms with Gasteiger partial charge in [0, 0.05) is 83.4 Å². The zero-order chi connectivity index (χ0) is 30.5. The van der Waals surface area contributed by atoms with Gasteiger partial charge in [0.2, 0.25) is 0 Å². The topological polar surface area (TPSA) is 114 Å². The van der Waals surface area contributed by atoms with Crippen LogP contribution >= 0.6 is 0 Å². The van der Waals surface area contributed by atoms with E-state index in [1.54, 1.807) is 7.11 Å². The van der Waals surface area contributed by atoms with Crippen LogP contribution in [0.3, 0.4) is 0 Å². The molecule has 0 amide bonds. The Labute approximate surface area is 261 Å². The fraction of sp³-hybridized carbons (Fsp3) is 0.606. The average Bonchev–Trinajstić information content (AvgIpc) is 3.06. The molecule has 0 aliphatic carbocycles. The Morgan fingerprint density at radius 1 is 0.977 bits per heavy atom. The standard InChI is InChI=1S/C33H48N8O3/c1-4-27-33(36-24-9-17-43-18-10-24)38-30-26(22-35-32(34)31(30)37-27)23-5-6-28(29(21-23)44-20-19-42-3)41-11-7-25(8-12-41)40-15-13-39(2)14-16-40/h5-6,21-22,24-25H,4,7-20H2,1-3H3,(H2,34,35)(H,36,38). The summed E-state index contributed by atoms with van der Waals surface area (Å²) in [5, 5.41) is 3.65. The maximum absolute atomic E-state index is 6.36. The van der Waals surface area contributed by atoms with E-state index < -0.39 is 0 Å². The molecule has 238 valence electrons. The van der Waals surface area contributed by atoms with Crippen LogP contribution in [0.4, 0.5) is 17.3 Å². The number of nitrogens with one attached hydrogen (secondary N) is 1. The summed E-state index contributed by atoms with van der Waals surface area (Å²) in [6, 6.07) is 7.41. The molecule has 0 unspecified atom stereocenters. The molecule has 11 heteroatoms. The molecule has 1 aromatic carbocycles. The van der Waals surface area contributed by atoms with Crippen LogP contribution in [-0.2, 0) is 15.9 Å². The molecular formula is C33H48N8O3. The summed E-state index contributed by atoms with van der Waals surface area (Å²) in [7, 11) is 3.92. The monoisotopic (exact) mass is 604 g/mol. The van der Waals surface area contributed by atoms with Crippen molar-refractivity contribution in [3.05, 3.63) is 30.1 Å². The third-order valence-corrected chi connectivity index (χ3v) is 9.37. The maximum atomic E-state index is 6.36. The Morgan fingerprint density at radius 2 is 1.75 bits per heavy atom. The first-order valence-electron chi connectivity index (χ1n) is 16.3. The van der Waals surface area contributed by atoms with Gasteiger partial charge in [-0.3, -0.25) is 4.90 Å². The van der Waals surface area contributed by atoms with Gasteiger partial charge in [-0.15, -0.1) is 0 Å². The lowest BCUT2D eigenvalue weighted by Gasteiger charge is -2.42. The van der Waals surface area contributed by atoms with Crippen molar-refractivity contribution in [1.82, 2.24) is 24.8 Å². The van der Waals surface area contributed by atoms with E-state index in [4.69, 9.17) is 29.9 Å². The number of pyridine rings is 1. The van der Waals surface area contributed by atoms with E-state index in [0.29, 0.717) is 36.6 Å². The fourth-order valence-corrected chi connectivity index (χ4v) is 6.65. The van der Waals surface area contributed by atoms with Crippen LogP contribution in [0.15, 0.2) is 24.4 Å². The molecule has 3 saturated heterocycles. The molecule has 11 nitrogen and oxygen atoms in total. The number of nitrogen functional groups attached to an aromatic ring is 1. The molecule has 3 aromatic rings. The van der Waals surface area contributed by atoms with Gasteiger partial charge in [-0.1, -0.05) is 13.0 Å². The Bertz CT molecular complexity index is 1400. The van der Waals surface area contributed by atoms with E-state index in [0.717, 1.165) is 111 Å². The molecule has 6 rings (SSSR count). The van der Waals surface area contributed by atoms with Gasteiger partial charge in [0.05, 0.1) is 18.0 Å². The second kappa shape index (κ2) is 14.2. The highest BCUT2D eigenvalue weighted by Gasteiger charge is 2.28. The second-order valence-corrected chi connectivity index (χ2v) is 12.2. The zero-order valence-electron chi connectivity index (χ0n) is 26.6. The molecule has 2 aromatic heterocycles. The summed E-state index contributed by atoms with van der Waals surface area (Å²) >= 11 is 0. The van der Waals surface area contributed by atoms with Crippen LogP contribution in [-0.4, -0.2) is 117 Å². The van der Waals surface area contributed by atoms with Crippen LogP contribution in [0.25, 0.3) is 22.2 Å². The lowest BCUT2D eigenvalue weighted by Crippen LogP contribution is -2.52. The van der Waals surface area contributed by atoms with E-state index in [2.05, 4.69) is 57.2 Å². The van der Waals surface area contributed by atoms with Gasteiger partial charge >= 0.3 is 0 Å². The highest BCUT2D eigenvalue weighted by molar-refractivity contribution is 5.97. The number of nitrogens with two attached hydrogens (primary N) is 1. The number of nitrogens with zero attached hydrogens (tertiary/aromatic N) is 6. The van der Waals surface area contributed by atoms with E-state index in [1.807, 2.05) is 6.20 Å². The number of hydrogen-bond donors (Lipinski definition) is 2. The number of methoxy groups -OCH3 is 1.